The van der Waals surface area contributed by atoms with Gasteiger partial charge >= 0.3 is 6.03 Å². The van der Waals surface area contributed by atoms with Crippen molar-refractivity contribution in [3.8, 4) is 17.6 Å². The SMILES string of the molecule is COc1ccc(CNC(=O)NCC#CCN2CCCC2)cc1. The predicted molar refractivity (Wildman–Crippen MR) is 86.7 cm³/mol. The van der Waals surface area contributed by atoms with Crippen molar-refractivity contribution in [1.82, 2.24) is 15.5 Å². The minimum absolute atomic E-state index is 0.203. The van der Waals surface area contributed by atoms with Crippen LogP contribution in [-0.4, -0.2) is 44.2 Å². The average Bonchev–Trinajstić information content (AvgIpc) is 3.06. The fraction of sp³-hybridized carbons (Fsp3) is 0.471. The molecule has 1 aliphatic rings. The number of nitrogens with one attached hydrogen (secondary N) is 2. The molecule has 22 heavy (non-hydrogen) atoms. The zero-order chi connectivity index (χ0) is 15.6. The molecule has 0 bridgehead atoms. The van der Waals surface area contributed by atoms with Gasteiger partial charge in [-0.1, -0.05) is 24.0 Å². The Morgan fingerprint density at radius 1 is 1.18 bits per heavy atom. The summed E-state index contributed by atoms with van der Waals surface area (Å²) in [6.07, 6.45) is 2.54. The molecule has 1 aliphatic heterocycles. The molecule has 2 N–H and O–H groups in total. The fourth-order valence-corrected chi connectivity index (χ4v) is 2.28. The molecule has 118 valence electrons. The summed E-state index contributed by atoms with van der Waals surface area (Å²) in [5.41, 5.74) is 1.02. The number of amides is 2. The van der Waals surface area contributed by atoms with E-state index < -0.39 is 0 Å². The molecule has 5 nitrogen and oxygen atoms in total. The molecule has 0 saturated carbocycles. The van der Waals surface area contributed by atoms with E-state index in [1.54, 1.807) is 7.11 Å². The number of carbonyl (C=O) groups excluding carboxylic acids is 1. The second kappa shape index (κ2) is 8.96. The molecule has 1 saturated heterocycles. The van der Waals surface area contributed by atoms with Gasteiger partial charge in [0.1, 0.15) is 5.75 Å². The van der Waals surface area contributed by atoms with Gasteiger partial charge in [0.25, 0.3) is 0 Å². The van der Waals surface area contributed by atoms with Gasteiger partial charge in [0.15, 0.2) is 0 Å². The number of rotatable bonds is 5. The maximum absolute atomic E-state index is 11.6. The molecule has 0 spiro atoms. The third-order valence-corrected chi connectivity index (χ3v) is 3.58. The van der Waals surface area contributed by atoms with Crippen LogP contribution in [0.2, 0.25) is 0 Å². The summed E-state index contributed by atoms with van der Waals surface area (Å²) in [5, 5.41) is 5.53. The summed E-state index contributed by atoms with van der Waals surface area (Å²) >= 11 is 0. The van der Waals surface area contributed by atoms with Crippen LogP contribution in [0.4, 0.5) is 4.79 Å². The Bertz CT molecular complexity index is 525. The molecule has 0 atom stereocenters. The van der Waals surface area contributed by atoms with Gasteiger partial charge in [0.2, 0.25) is 0 Å². The van der Waals surface area contributed by atoms with Crippen LogP contribution in [0, 0.1) is 11.8 Å². The number of likely N-dealkylation sites (tertiary alicyclic amines) is 1. The van der Waals surface area contributed by atoms with Gasteiger partial charge in [-0.15, -0.1) is 0 Å². The number of benzene rings is 1. The van der Waals surface area contributed by atoms with E-state index in [9.17, 15) is 4.79 Å². The number of ether oxygens (including phenoxy) is 1. The Balaban J connectivity index is 1.60. The van der Waals surface area contributed by atoms with E-state index in [0.717, 1.165) is 30.9 Å². The summed E-state index contributed by atoms with van der Waals surface area (Å²) in [5.74, 6) is 6.87. The summed E-state index contributed by atoms with van der Waals surface area (Å²) < 4.78 is 5.09. The van der Waals surface area contributed by atoms with Crippen molar-refractivity contribution in [2.75, 3.05) is 33.3 Å². The Morgan fingerprint density at radius 2 is 1.91 bits per heavy atom. The Labute approximate surface area is 132 Å². The van der Waals surface area contributed by atoms with Crippen LogP contribution in [-0.2, 0) is 6.54 Å². The van der Waals surface area contributed by atoms with E-state index in [4.69, 9.17) is 4.74 Å². The van der Waals surface area contributed by atoms with Gasteiger partial charge in [0.05, 0.1) is 20.2 Å². The van der Waals surface area contributed by atoms with E-state index >= 15 is 0 Å². The van der Waals surface area contributed by atoms with Gasteiger partial charge in [-0.2, -0.15) is 0 Å². The Morgan fingerprint density at radius 3 is 2.59 bits per heavy atom. The van der Waals surface area contributed by atoms with Gasteiger partial charge in [-0.05, 0) is 43.6 Å². The lowest BCUT2D eigenvalue weighted by Gasteiger charge is -2.08. The molecule has 5 heteroatoms. The Kier molecular flexibility index (Phi) is 6.59. The van der Waals surface area contributed by atoms with E-state index in [2.05, 4.69) is 27.4 Å². The molecule has 1 aromatic rings. The van der Waals surface area contributed by atoms with Crippen molar-refractivity contribution in [2.45, 2.75) is 19.4 Å². The van der Waals surface area contributed by atoms with Crippen LogP contribution < -0.4 is 15.4 Å². The van der Waals surface area contributed by atoms with E-state index in [1.165, 1.54) is 12.8 Å². The molecule has 2 rings (SSSR count). The first kappa shape index (κ1) is 16.2. The fourth-order valence-electron chi connectivity index (χ4n) is 2.28. The molecule has 1 fully saturated rings. The minimum atomic E-state index is -0.203. The molecule has 2 amide bonds. The van der Waals surface area contributed by atoms with Gasteiger partial charge < -0.3 is 15.4 Å². The van der Waals surface area contributed by atoms with E-state index in [-0.39, 0.29) is 6.03 Å². The number of urea groups is 1. The lowest BCUT2D eigenvalue weighted by Crippen LogP contribution is -2.35. The van der Waals surface area contributed by atoms with E-state index in [1.807, 2.05) is 24.3 Å². The van der Waals surface area contributed by atoms with Crippen molar-refractivity contribution in [3.63, 3.8) is 0 Å². The Hall–Kier alpha value is -2.19. The van der Waals surface area contributed by atoms with Crippen LogP contribution in [0.25, 0.3) is 0 Å². The highest BCUT2D eigenvalue weighted by Gasteiger charge is 2.08. The van der Waals surface area contributed by atoms with Crippen molar-refractivity contribution >= 4 is 6.03 Å². The van der Waals surface area contributed by atoms with Crippen LogP contribution in [0.15, 0.2) is 24.3 Å². The van der Waals surface area contributed by atoms with Crippen LogP contribution in [0.1, 0.15) is 18.4 Å². The van der Waals surface area contributed by atoms with Crippen molar-refractivity contribution < 1.29 is 9.53 Å². The second-order valence-electron chi connectivity index (χ2n) is 5.22. The molecule has 0 unspecified atom stereocenters. The highest BCUT2D eigenvalue weighted by molar-refractivity contribution is 5.74. The van der Waals surface area contributed by atoms with Crippen LogP contribution in [0.3, 0.4) is 0 Å². The summed E-state index contributed by atoms with van der Waals surface area (Å²) in [6, 6.07) is 7.40. The van der Waals surface area contributed by atoms with Gasteiger partial charge in [0, 0.05) is 6.54 Å². The second-order valence-corrected chi connectivity index (χ2v) is 5.22. The van der Waals surface area contributed by atoms with Crippen LogP contribution in [0.5, 0.6) is 5.75 Å². The minimum Gasteiger partial charge on any atom is -0.497 e. The highest BCUT2D eigenvalue weighted by atomic mass is 16.5. The topological polar surface area (TPSA) is 53.6 Å². The lowest BCUT2D eigenvalue weighted by atomic mass is 10.2. The molecule has 1 heterocycles. The zero-order valence-corrected chi connectivity index (χ0v) is 13.0. The van der Waals surface area contributed by atoms with Crippen molar-refractivity contribution in [2.24, 2.45) is 0 Å². The predicted octanol–water partition coefficient (Wildman–Crippen LogP) is 1.59. The van der Waals surface area contributed by atoms with Crippen molar-refractivity contribution in [3.05, 3.63) is 29.8 Å². The zero-order valence-electron chi connectivity index (χ0n) is 13.0. The average molecular weight is 301 g/mol. The maximum atomic E-state index is 11.6. The summed E-state index contributed by atoms with van der Waals surface area (Å²) in [4.78, 5) is 14.0. The first-order valence-electron chi connectivity index (χ1n) is 7.60. The maximum Gasteiger partial charge on any atom is 0.315 e. The molecule has 0 radical (unpaired) electrons. The first-order valence-corrected chi connectivity index (χ1v) is 7.60. The third kappa shape index (κ3) is 5.66. The first-order chi connectivity index (χ1) is 10.8. The van der Waals surface area contributed by atoms with Gasteiger partial charge in [-0.25, -0.2) is 4.79 Å². The normalized spacial score (nSPS) is 14.0. The van der Waals surface area contributed by atoms with E-state index in [0.29, 0.717) is 13.1 Å². The highest BCUT2D eigenvalue weighted by Crippen LogP contribution is 2.10. The number of hydrogen-bond acceptors (Lipinski definition) is 3. The van der Waals surface area contributed by atoms with Crippen LogP contribution >= 0.6 is 0 Å². The molecule has 0 aliphatic carbocycles. The number of methoxy groups -OCH3 is 1. The molecule has 1 aromatic carbocycles. The monoisotopic (exact) mass is 301 g/mol. The van der Waals surface area contributed by atoms with Crippen molar-refractivity contribution in [1.29, 1.82) is 0 Å². The lowest BCUT2D eigenvalue weighted by molar-refractivity contribution is 0.241. The number of nitrogens with zero attached hydrogens (tertiary/aromatic N) is 1. The van der Waals surface area contributed by atoms with Gasteiger partial charge in [-0.3, -0.25) is 4.90 Å². The standard InChI is InChI=1S/C17H23N3O2/c1-22-16-8-6-15(7-9-16)14-19-17(21)18-10-2-3-11-20-12-4-5-13-20/h6-9H,4-5,10-14H2,1H3,(H2,18,19,21). The third-order valence-electron chi connectivity index (χ3n) is 3.58. The smallest absolute Gasteiger partial charge is 0.315 e. The quantitative estimate of drug-likeness (QED) is 0.812. The number of hydrogen-bond donors (Lipinski definition) is 2. The summed E-state index contributed by atoms with van der Waals surface area (Å²) in [6.45, 7) is 3.95. The molecular formula is C17H23N3O2. The molecule has 0 aromatic heterocycles. The summed E-state index contributed by atoms with van der Waals surface area (Å²) in [7, 11) is 1.63. The molecular weight excluding hydrogens is 278 g/mol. The largest absolute Gasteiger partial charge is 0.497 e. The number of carbonyl (C=O) groups is 1.